The number of carbonyl (C=O) groups is 1. The van der Waals surface area contributed by atoms with Crippen LogP contribution in [0.15, 0.2) is 23.1 Å². The number of amides is 1. The number of epoxide rings is 1. The molecule has 2 atom stereocenters. The summed E-state index contributed by atoms with van der Waals surface area (Å²) in [6.45, 7) is 5.60. The molecule has 0 aromatic heterocycles. The molecule has 1 aromatic rings. The van der Waals surface area contributed by atoms with Crippen LogP contribution in [0.4, 0.5) is 4.79 Å². The molecule has 23 heavy (non-hydrogen) atoms. The number of ether oxygens (including phenoxy) is 1. The Morgan fingerprint density at radius 2 is 1.78 bits per heavy atom. The third-order valence-corrected chi connectivity index (χ3v) is 5.60. The molecule has 6 nitrogen and oxygen atoms in total. The van der Waals surface area contributed by atoms with E-state index in [0.717, 1.165) is 0 Å². The molecule has 1 saturated heterocycles. The maximum Gasteiger partial charge on any atom is 0.421 e. The number of sulfonamides is 1. The molecule has 1 N–H and O–H groups in total. The zero-order valence-electron chi connectivity index (χ0n) is 12.8. The van der Waals surface area contributed by atoms with Gasteiger partial charge in [-0.1, -0.05) is 44.0 Å². The maximum atomic E-state index is 12.9. The Kier molecular flexibility index (Phi) is 4.88. The van der Waals surface area contributed by atoms with Crippen molar-refractivity contribution in [1.29, 1.82) is 0 Å². The SMILES string of the molecule is CC(C)(C)C([C@H]1CO1)N(C(=O)O)S(=O)(=O)c1cc(Cl)cc(Cl)c1. The van der Waals surface area contributed by atoms with Crippen molar-refractivity contribution in [2.45, 2.75) is 37.8 Å². The van der Waals surface area contributed by atoms with Crippen molar-refractivity contribution in [3.8, 4) is 0 Å². The Bertz CT molecular complexity index is 705. The Labute approximate surface area is 145 Å². The fraction of sp³-hybridized carbons (Fsp3) is 0.500. The van der Waals surface area contributed by atoms with Crippen LogP contribution in [0.2, 0.25) is 10.0 Å². The quantitative estimate of drug-likeness (QED) is 0.806. The number of hydrogen-bond donors (Lipinski definition) is 1. The topological polar surface area (TPSA) is 87.2 Å². The Balaban J connectivity index is 2.57. The third-order valence-electron chi connectivity index (χ3n) is 3.43. The Morgan fingerprint density at radius 1 is 1.30 bits per heavy atom. The van der Waals surface area contributed by atoms with E-state index in [1.54, 1.807) is 20.8 Å². The molecule has 1 fully saturated rings. The van der Waals surface area contributed by atoms with Crippen molar-refractivity contribution in [1.82, 2.24) is 4.31 Å². The molecule has 128 valence electrons. The lowest BCUT2D eigenvalue weighted by Gasteiger charge is -2.36. The minimum Gasteiger partial charge on any atom is -0.464 e. The van der Waals surface area contributed by atoms with Gasteiger partial charge in [-0.2, -0.15) is 4.31 Å². The summed E-state index contributed by atoms with van der Waals surface area (Å²) in [6.07, 6.45) is -2.04. The van der Waals surface area contributed by atoms with Gasteiger partial charge < -0.3 is 9.84 Å². The number of hydrogen-bond acceptors (Lipinski definition) is 4. The molecule has 2 rings (SSSR count). The van der Waals surface area contributed by atoms with E-state index in [-0.39, 0.29) is 14.9 Å². The highest BCUT2D eigenvalue weighted by Gasteiger charge is 2.50. The second-order valence-electron chi connectivity index (χ2n) is 6.37. The first-order valence-electron chi connectivity index (χ1n) is 6.79. The Hall–Kier alpha value is -1.02. The summed E-state index contributed by atoms with van der Waals surface area (Å²) >= 11 is 11.7. The first-order chi connectivity index (χ1) is 10.4. The average molecular weight is 382 g/mol. The maximum absolute atomic E-state index is 12.9. The van der Waals surface area contributed by atoms with Crippen molar-refractivity contribution in [2.75, 3.05) is 6.61 Å². The van der Waals surface area contributed by atoms with Gasteiger partial charge >= 0.3 is 6.09 Å². The summed E-state index contributed by atoms with van der Waals surface area (Å²) < 4.78 is 31.4. The largest absolute Gasteiger partial charge is 0.464 e. The van der Waals surface area contributed by atoms with Crippen LogP contribution in [0, 0.1) is 5.41 Å². The van der Waals surface area contributed by atoms with Gasteiger partial charge in [-0.25, -0.2) is 13.2 Å². The van der Waals surface area contributed by atoms with Crippen molar-refractivity contribution in [2.24, 2.45) is 5.41 Å². The highest BCUT2D eigenvalue weighted by atomic mass is 35.5. The van der Waals surface area contributed by atoms with E-state index in [2.05, 4.69) is 0 Å². The first kappa shape index (κ1) is 18.3. The molecular weight excluding hydrogens is 365 g/mol. The first-order valence-corrected chi connectivity index (χ1v) is 8.99. The Morgan fingerprint density at radius 3 is 2.13 bits per heavy atom. The molecular formula is C14H17Cl2NO5S. The lowest BCUT2D eigenvalue weighted by atomic mass is 9.85. The van der Waals surface area contributed by atoms with E-state index >= 15 is 0 Å². The molecule has 0 radical (unpaired) electrons. The smallest absolute Gasteiger partial charge is 0.421 e. The normalized spacial score (nSPS) is 19.3. The zero-order valence-corrected chi connectivity index (χ0v) is 15.1. The van der Waals surface area contributed by atoms with Crippen LogP contribution in [-0.2, 0) is 14.8 Å². The molecule has 0 spiro atoms. The van der Waals surface area contributed by atoms with Gasteiger partial charge in [0, 0.05) is 10.0 Å². The van der Waals surface area contributed by atoms with Crippen LogP contribution >= 0.6 is 23.2 Å². The summed E-state index contributed by atoms with van der Waals surface area (Å²) in [5.74, 6) is 0. The molecule has 1 amide bonds. The van der Waals surface area contributed by atoms with E-state index in [1.807, 2.05) is 0 Å². The number of benzene rings is 1. The molecule has 0 aliphatic carbocycles. The molecule has 0 bridgehead atoms. The second-order valence-corrected chi connectivity index (χ2v) is 9.06. The van der Waals surface area contributed by atoms with Gasteiger partial charge in [0.25, 0.3) is 10.0 Å². The van der Waals surface area contributed by atoms with E-state index in [4.69, 9.17) is 27.9 Å². The molecule has 1 aliphatic rings. The highest BCUT2D eigenvalue weighted by Crippen LogP contribution is 2.37. The predicted octanol–water partition coefficient (Wildman–Crippen LogP) is 3.48. The van der Waals surface area contributed by atoms with E-state index < -0.39 is 33.7 Å². The van der Waals surface area contributed by atoms with E-state index in [1.165, 1.54) is 18.2 Å². The lowest BCUT2D eigenvalue weighted by molar-refractivity contribution is 0.112. The van der Waals surface area contributed by atoms with Crippen LogP contribution in [-0.4, -0.2) is 42.7 Å². The summed E-state index contributed by atoms with van der Waals surface area (Å²) in [4.78, 5) is 11.5. The molecule has 9 heteroatoms. The number of halogens is 2. The van der Waals surface area contributed by atoms with Gasteiger partial charge in [-0.05, 0) is 23.6 Å². The third kappa shape index (κ3) is 3.91. The molecule has 1 heterocycles. The molecule has 1 aromatic carbocycles. The van der Waals surface area contributed by atoms with Crippen molar-refractivity contribution >= 4 is 39.3 Å². The van der Waals surface area contributed by atoms with Crippen molar-refractivity contribution in [3.63, 3.8) is 0 Å². The fourth-order valence-electron chi connectivity index (χ4n) is 2.46. The van der Waals surface area contributed by atoms with E-state index in [9.17, 15) is 18.3 Å². The standard InChI is InChI=1S/C14H17Cl2NO5S/c1-14(2,3)12(11-7-22-11)17(13(18)19)23(20,21)10-5-8(15)4-9(16)6-10/h4-6,11-12H,7H2,1-3H3,(H,18,19)/t11-,12?/m1/s1. The van der Waals surface area contributed by atoms with Crippen LogP contribution in [0.25, 0.3) is 0 Å². The summed E-state index contributed by atoms with van der Waals surface area (Å²) in [5, 5.41) is 9.76. The van der Waals surface area contributed by atoms with Crippen LogP contribution in [0.1, 0.15) is 20.8 Å². The second kappa shape index (κ2) is 6.12. The zero-order chi connectivity index (χ0) is 17.6. The summed E-state index contributed by atoms with van der Waals surface area (Å²) in [7, 11) is -4.35. The van der Waals surface area contributed by atoms with E-state index in [0.29, 0.717) is 10.9 Å². The van der Waals surface area contributed by atoms with Crippen LogP contribution in [0.3, 0.4) is 0 Å². The van der Waals surface area contributed by atoms with Gasteiger partial charge in [-0.15, -0.1) is 0 Å². The number of nitrogens with zero attached hydrogens (tertiary/aromatic N) is 1. The summed E-state index contributed by atoms with van der Waals surface area (Å²) in [6, 6.07) is 2.86. The van der Waals surface area contributed by atoms with Gasteiger partial charge in [0.05, 0.1) is 17.5 Å². The van der Waals surface area contributed by atoms with Crippen LogP contribution < -0.4 is 0 Å². The predicted molar refractivity (Wildman–Crippen MR) is 86.5 cm³/mol. The highest BCUT2D eigenvalue weighted by molar-refractivity contribution is 7.89. The average Bonchev–Trinajstić information content (AvgIpc) is 3.16. The monoisotopic (exact) mass is 381 g/mol. The molecule has 1 aliphatic heterocycles. The lowest BCUT2D eigenvalue weighted by Crippen LogP contribution is -2.52. The van der Waals surface area contributed by atoms with Crippen LogP contribution in [0.5, 0.6) is 0 Å². The number of rotatable bonds is 4. The summed E-state index contributed by atoms with van der Waals surface area (Å²) in [5.41, 5.74) is -0.644. The van der Waals surface area contributed by atoms with Gasteiger partial charge in [-0.3, -0.25) is 0 Å². The van der Waals surface area contributed by atoms with Crippen molar-refractivity contribution in [3.05, 3.63) is 28.2 Å². The van der Waals surface area contributed by atoms with Gasteiger partial charge in [0.15, 0.2) is 0 Å². The minimum absolute atomic E-state index is 0.108. The van der Waals surface area contributed by atoms with Gasteiger partial charge in [0.1, 0.15) is 6.10 Å². The molecule has 1 unspecified atom stereocenters. The fourth-order valence-corrected chi connectivity index (χ4v) is 4.85. The molecule has 0 saturated carbocycles. The van der Waals surface area contributed by atoms with Gasteiger partial charge in [0.2, 0.25) is 0 Å². The van der Waals surface area contributed by atoms with Crippen molar-refractivity contribution < 1.29 is 23.1 Å². The number of carboxylic acid groups (broad SMARTS) is 1. The minimum atomic E-state index is -4.35.